The first-order valence-corrected chi connectivity index (χ1v) is 28.6. The number of amides is 6. The van der Waals surface area contributed by atoms with Crippen LogP contribution in [0, 0.1) is 0 Å². The van der Waals surface area contributed by atoms with Gasteiger partial charge in [0, 0.05) is 101 Å². The van der Waals surface area contributed by atoms with E-state index in [2.05, 4.69) is 176 Å². The fourth-order valence-corrected chi connectivity index (χ4v) is 11.4. The van der Waals surface area contributed by atoms with E-state index in [1.165, 1.54) is 67.5 Å². The maximum absolute atomic E-state index is 13.9. The fraction of sp³-hybridized carbons (Fsp3) is 0.385. The number of benzene rings is 6. The highest BCUT2D eigenvalue weighted by atomic mass is 16.5. The molecule has 0 saturated carbocycles. The molecule has 3 N–H and O–H groups in total. The van der Waals surface area contributed by atoms with Gasteiger partial charge in [-0.3, -0.25) is 0 Å². The highest BCUT2D eigenvalue weighted by Crippen LogP contribution is 2.39. The summed E-state index contributed by atoms with van der Waals surface area (Å²) in [7, 11) is 5.34. The first-order chi connectivity index (χ1) is 38.6. The summed E-state index contributed by atoms with van der Waals surface area (Å²) >= 11 is 0. The Morgan fingerprint density at radius 2 is 0.722 bits per heavy atom. The second kappa shape index (κ2) is 27.5. The zero-order valence-electron chi connectivity index (χ0n) is 46.5. The molecule has 0 radical (unpaired) electrons. The third-order valence-electron chi connectivity index (χ3n) is 15.8. The lowest BCUT2D eigenvalue weighted by Gasteiger charge is -2.28. The Balaban J connectivity index is 0.748. The number of carbonyl (C=O) groups is 4. The van der Waals surface area contributed by atoms with Crippen LogP contribution in [0.3, 0.4) is 0 Å². The molecule has 0 aliphatic carbocycles. The van der Waals surface area contributed by atoms with E-state index in [0.29, 0.717) is 58.4 Å². The number of hydrogen-bond donors (Lipinski definition) is 3. The van der Waals surface area contributed by atoms with Gasteiger partial charge in [0.2, 0.25) is 0 Å². The summed E-state index contributed by atoms with van der Waals surface area (Å²) < 4.78 is 5.75. The average Bonchev–Trinajstić information content (AvgIpc) is 3.88. The van der Waals surface area contributed by atoms with Crippen LogP contribution in [0.4, 0.5) is 48.5 Å². The molecule has 0 aromatic heterocycles. The van der Waals surface area contributed by atoms with Crippen LogP contribution in [0.25, 0.3) is 0 Å². The summed E-state index contributed by atoms with van der Waals surface area (Å²) in [6.45, 7) is 4.29. The number of urea groups is 3. The van der Waals surface area contributed by atoms with E-state index >= 15 is 0 Å². The minimum Gasteiger partial charge on any atom is -0.462 e. The molecule has 3 aliphatic rings. The van der Waals surface area contributed by atoms with Crippen LogP contribution in [0.15, 0.2) is 146 Å². The van der Waals surface area contributed by atoms with Crippen LogP contribution >= 0.6 is 0 Å². The predicted octanol–water partition coefficient (Wildman–Crippen LogP) is 11.0. The summed E-state index contributed by atoms with van der Waals surface area (Å²) in [5, 5.41) is 8.92. The number of nitrogens with one attached hydrogen (secondary N) is 3. The number of rotatable bonds is 22. The molecule has 0 fully saturated rings. The third-order valence-corrected chi connectivity index (χ3v) is 15.8. The van der Waals surface area contributed by atoms with Crippen LogP contribution in [0.1, 0.15) is 71.9 Å². The molecule has 1 atom stereocenters. The number of unbranched alkanes of at least 4 members (excludes halogenated alkanes) is 1. The van der Waals surface area contributed by atoms with Crippen molar-refractivity contribution in [3.05, 3.63) is 179 Å². The van der Waals surface area contributed by atoms with E-state index in [4.69, 9.17) is 4.74 Å². The van der Waals surface area contributed by atoms with Gasteiger partial charge in [-0.2, -0.15) is 0 Å². The van der Waals surface area contributed by atoms with Crippen molar-refractivity contribution in [1.82, 2.24) is 30.7 Å². The smallest absolute Gasteiger partial charge is 0.328 e. The molecule has 6 aromatic rings. The number of hydrogen-bond acceptors (Lipinski definition) is 8. The maximum Gasteiger partial charge on any atom is 0.328 e. The molecule has 14 heteroatoms. The lowest BCUT2D eigenvalue weighted by molar-refractivity contribution is -0.146. The van der Waals surface area contributed by atoms with E-state index in [1.54, 1.807) is 28.8 Å². The molecule has 6 amide bonds. The molecule has 0 spiro atoms. The van der Waals surface area contributed by atoms with E-state index in [1.807, 2.05) is 7.05 Å². The average molecular weight is 1070 g/mol. The Bertz CT molecular complexity index is 2880. The Kier molecular flexibility index (Phi) is 19.4. The van der Waals surface area contributed by atoms with Crippen molar-refractivity contribution in [3.8, 4) is 0 Å². The normalized spacial score (nSPS) is 13.5. The largest absolute Gasteiger partial charge is 0.462 e. The summed E-state index contributed by atoms with van der Waals surface area (Å²) in [5.41, 5.74) is 15.2. The van der Waals surface area contributed by atoms with Gasteiger partial charge >= 0.3 is 24.1 Å². The number of nitrogens with zero attached hydrogens (tertiary/aromatic N) is 6. The molecule has 414 valence electrons. The van der Waals surface area contributed by atoms with Gasteiger partial charge in [-0.1, -0.05) is 109 Å². The quantitative estimate of drug-likeness (QED) is 0.0452. The molecule has 3 heterocycles. The van der Waals surface area contributed by atoms with Crippen molar-refractivity contribution in [3.63, 3.8) is 0 Å². The molecule has 9 rings (SSSR count). The van der Waals surface area contributed by atoms with Gasteiger partial charge in [0.1, 0.15) is 12.6 Å². The van der Waals surface area contributed by atoms with Gasteiger partial charge in [-0.05, 0) is 147 Å². The van der Waals surface area contributed by atoms with E-state index in [9.17, 15) is 19.2 Å². The van der Waals surface area contributed by atoms with Crippen LogP contribution in [-0.4, -0.2) is 125 Å². The second-order valence-electron chi connectivity index (χ2n) is 21.2. The number of fused-ring (bicyclic) bond motifs is 6. The lowest BCUT2D eigenvalue weighted by atomic mass is 10.0. The predicted molar refractivity (Wildman–Crippen MR) is 318 cm³/mol. The van der Waals surface area contributed by atoms with Crippen LogP contribution in [0.5, 0.6) is 0 Å². The van der Waals surface area contributed by atoms with E-state index in [-0.39, 0.29) is 31.2 Å². The Morgan fingerprint density at radius 1 is 0.418 bits per heavy atom. The van der Waals surface area contributed by atoms with Crippen molar-refractivity contribution in [1.29, 1.82) is 0 Å². The summed E-state index contributed by atoms with van der Waals surface area (Å²) in [4.78, 5) is 66.4. The first kappa shape index (κ1) is 55.7. The topological polar surface area (TPSA) is 133 Å². The molecule has 0 bridgehead atoms. The van der Waals surface area contributed by atoms with Gasteiger partial charge in [0.05, 0.1) is 6.54 Å². The van der Waals surface area contributed by atoms with E-state index in [0.717, 1.165) is 64.5 Å². The van der Waals surface area contributed by atoms with Gasteiger partial charge in [0.15, 0.2) is 0 Å². The standard InChI is InChI=1S/C65H79N9O5/c1-69(42-18-45-72-56-28-10-4-21-49(56)34-35-50-22-5-11-29-57(50)72)63(76)66-40-17-16-27-55(68-65(78)71(3)44-20-47-74-60-32-14-8-25-53(60)38-39-54-26-9-15-33-61(54)74)62(75)79-48-41-67-64(77)70(2)43-19-46-73-58-30-12-6-23-51(58)36-37-52-24-7-13-31-59(52)73/h4-15,21-26,28-33,55H,16-20,27,34-48H2,1-3H3,(H,66,76)(H,67,77)(H,68,78). The van der Waals surface area contributed by atoms with Crippen molar-refractivity contribution in [2.75, 3.05) is 94.8 Å². The molecule has 1 unspecified atom stereocenters. The molecule has 3 aliphatic heterocycles. The zero-order chi connectivity index (χ0) is 54.9. The Labute approximate surface area is 467 Å². The molecule has 14 nitrogen and oxygen atoms in total. The van der Waals surface area contributed by atoms with Crippen LogP contribution in [-0.2, 0) is 48.1 Å². The molecule has 79 heavy (non-hydrogen) atoms. The maximum atomic E-state index is 13.9. The minimum absolute atomic E-state index is 0.0556. The highest BCUT2D eigenvalue weighted by Gasteiger charge is 2.27. The van der Waals surface area contributed by atoms with Gasteiger partial charge < -0.3 is 50.1 Å². The highest BCUT2D eigenvalue weighted by molar-refractivity contribution is 5.84. The van der Waals surface area contributed by atoms with Crippen molar-refractivity contribution in [2.45, 2.75) is 83.1 Å². The Hall–Kier alpha value is -8.00. The number of carbonyl (C=O) groups excluding carboxylic acids is 4. The summed E-state index contributed by atoms with van der Waals surface area (Å²) in [6.07, 6.45) is 9.57. The van der Waals surface area contributed by atoms with Crippen LogP contribution < -0.4 is 30.7 Å². The first-order valence-electron chi connectivity index (χ1n) is 28.6. The van der Waals surface area contributed by atoms with Crippen LogP contribution in [0.2, 0.25) is 0 Å². The monoisotopic (exact) mass is 1070 g/mol. The minimum atomic E-state index is -0.931. The third kappa shape index (κ3) is 14.4. The Morgan fingerprint density at radius 3 is 1.06 bits per heavy atom. The van der Waals surface area contributed by atoms with Gasteiger partial charge in [-0.25, -0.2) is 19.2 Å². The number of para-hydroxylation sites is 6. The number of anilines is 6. The van der Waals surface area contributed by atoms with Gasteiger partial charge in [-0.15, -0.1) is 0 Å². The van der Waals surface area contributed by atoms with Crippen molar-refractivity contribution < 1.29 is 23.9 Å². The lowest BCUT2D eigenvalue weighted by Crippen LogP contribution is -2.48. The molecular formula is C65H79N9O5. The van der Waals surface area contributed by atoms with E-state index < -0.39 is 12.0 Å². The second-order valence-corrected chi connectivity index (χ2v) is 21.2. The number of aryl methyl sites for hydroxylation is 6. The van der Waals surface area contributed by atoms with Crippen molar-refractivity contribution in [2.24, 2.45) is 0 Å². The molecule has 0 saturated heterocycles. The summed E-state index contributed by atoms with van der Waals surface area (Å²) in [6, 6.07) is 49.7. The zero-order valence-corrected chi connectivity index (χ0v) is 46.5. The summed E-state index contributed by atoms with van der Waals surface area (Å²) in [5.74, 6) is -0.571. The van der Waals surface area contributed by atoms with Crippen molar-refractivity contribution >= 4 is 58.2 Å². The fourth-order valence-electron chi connectivity index (χ4n) is 11.4. The number of ether oxygens (including phenoxy) is 1. The SMILES string of the molecule is CN(CCCN1c2ccccc2CCc2ccccc21)C(=O)NCCCCC(NC(=O)N(C)CCCN1c2ccccc2CCc2ccccc21)C(=O)OCCNC(=O)N(C)CCCN1c2ccccc2CCc2ccccc21. The molecule has 6 aromatic carbocycles. The molecular weight excluding hydrogens is 987 g/mol. The number of esters is 1. The van der Waals surface area contributed by atoms with Gasteiger partial charge in [0.25, 0.3) is 0 Å².